The third kappa shape index (κ3) is 4.09. The Morgan fingerprint density at radius 3 is 2.79 bits per heavy atom. The van der Waals surface area contributed by atoms with E-state index in [1.807, 2.05) is 26.0 Å². The lowest BCUT2D eigenvalue weighted by Gasteiger charge is -2.16. The molecule has 1 aromatic rings. The molecule has 1 aliphatic carbocycles. The Labute approximate surface area is 119 Å². The van der Waals surface area contributed by atoms with Crippen molar-refractivity contribution in [3.8, 4) is 0 Å². The molecule has 1 aliphatic rings. The predicted octanol–water partition coefficient (Wildman–Crippen LogP) is 1.82. The zero-order valence-corrected chi connectivity index (χ0v) is 12.8. The van der Waals surface area contributed by atoms with Crippen LogP contribution in [0.25, 0.3) is 0 Å². The van der Waals surface area contributed by atoms with Gasteiger partial charge in [-0.1, -0.05) is 12.8 Å². The van der Waals surface area contributed by atoms with Gasteiger partial charge in [0.25, 0.3) is 0 Å². The lowest BCUT2D eigenvalue weighted by molar-refractivity contribution is 0.613. The van der Waals surface area contributed by atoms with Gasteiger partial charge in [0.2, 0.25) is 0 Å². The van der Waals surface area contributed by atoms with E-state index in [1.165, 1.54) is 25.7 Å². The highest BCUT2D eigenvalue weighted by molar-refractivity contribution is 7.13. The maximum atomic E-state index is 4.55. The maximum Gasteiger partial charge on any atom is 0.191 e. The molecule has 2 rings (SSSR count). The van der Waals surface area contributed by atoms with E-state index in [2.05, 4.69) is 26.0 Å². The van der Waals surface area contributed by atoms with Crippen LogP contribution in [0, 0.1) is 0 Å². The average Bonchev–Trinajstić information content (AvgIpc) is 3.05. The highest BCUT2D eigenvalue weighted by Gasteiger charge is 2.15. The van der Waals surface area contributed by atoms with Crippen molar-refractivity contribution >= 4 is 22.4 Å². The summed E-state index contributed by atoms with van der Waals surface area (Å²) in [6.45, 7) is 0.719. The number of aromatic nitrogens is 1. The molecular formula is C13H23N5S. The van der Waals surface area contributed by atoms with Gasteiger partial charge in [0, 0.05) is 32.6 Å². The van der Waals surface area contributed by atoms with Gasteiger partial charge in [0.05, 0.1) is 12.2 Å². The summed E-state index contributed by atoms with van der Waals surface area (Å²) in [7, 11) is 5.84. The van der Waals surface area contributed by atoms with Crippen LogP contribution in [0.15, 0.2) is 10.4 Å². The minimum atomic E-state index is 0.582. The van der Waals surface area contributed by atoms with Crippen LogP contribution in [-0.2, 0) is 6.54 Å². The zero-order chi connectivity index (χ0) is 13.7. The molecule has 106 valence electrons. The molecule has 2 N–H and O–H groups in total. The van der Waals surface area contributed by atoms with Crippen molar-refractivity contribution < 1.29 is 0 Å². The Hall–Kier alpha value is -1.30. The van der Waals surface area contributed by atoms with E-state index in [1.54, 1.807) is 11.3 Å². The van der Waals surface area contributed by atoms with E-state index in [-0.39, 0.29) is 0 Å². The molecular weight excluding hydrogens is 258 g/mol. The molecule has 1 aromatic heterocycles. The number of hydrogen-bond donors (Lipinski definition) is 2. The summed E-state index contributed by atoms with van der Waals surface area (Å²) in [5.74, 6) is 0.881. The summed E-state index contributed by atoms with van der Waals surface area (Å²) < 4.78 is 0. The first kappa shape index (κ1) is 14.1. The van der Waals surface area contributed by atoms with E-state index >= 15 is 0 Å². The number of anilines is 1. The Bertz CT molecular complexity index is 420. The minimum absolute atomic E-state index is 0.582. The molecule has 0 aliphatic heterocycles. The fourth-order valence-corrected chi connectivity index (χ4v) is 2.97. The molecule has 5 nitrogen and oxygen atoms in total. The summed E-state index contributed by atoms with van der Waals surface area (Å²) in [4.78, 5) is 10.8. The standard InChI is InChI=1S/C13H23N5S/c1-14-12(16-10-6-4-5-7-10)15-8-11-9-19-13(17-11)18(2)3/h9-10H,4-8H2,1-3H3,(H2,14,15,16). The van der Waals surface area contributed by atoms with Crippen LogP contribution in [0.4, 0.5) is 5.13 Å². The normalized spacial score (nSPS) is 16.7. The molecule has 0 radical (unpaired) electrons. The van der Waals surface area contributed by atoms with E-state index in [0.29, 0.717) is 6.04 Å². The van der Waals surface area contributed by atoms with Crippen LogP contribution in [0.3, 0.4) is 0 Å². The first-order chi connectivity index (χ1) is 9.19. The second-order valence-corrected chi connectivity index (χ2v) is 5.90. The van der Waals surface area contributed by atoms with Gasteiger partial charge in [0.15, 0.2) is 11.1 Å². The number of thiazole rings is 1. The van der Waals surface area contributed by atoms with Crippen molar-refractivity contribution in [3.05, 3.63) is 11.1 Å². The molecule has 1 heterocycles. The Morgan fingerprint density at radius 1 is 1.47 bits per heavy atom. The summed E-state index contributed by atoms with van der Waals surface area (Å²) in [6.07, 6.45) is 5.16. The van der Waals surface area contributed by atoms with Crippen molar-refractivity contribution in [1.82, 2.24) is 15.6 Å². The molecule has 0 unspecified atom stereocenters. The topological polar surface area (TPSA) is 52.6 Å². The van der Waals surface area contributed by atoms with Crippen molar-refractivity contribution in [2.75, 3.05) is 26.0 Å². The highest BCUT2D eigenvalue weighted by atomic mass is 32.1. The van der Waals surface area contributed by atoms with Crippen LogP contribution in [0.2, 0.25) is 0 Å². The van der Waals surface area contributed by atoms with Gasteiger partial charge < -0.3 is 15.5 Å². The van der Waals surface area contributed by atoms with E-state index < -0.39 is 0 Å². The first-order valence-corrected chi connectivity index (χ1v) is 7.66. The second-order valence-electron chi connectivity index (χ2n) is 5.07. The van der Waals surface area contributed by atoms with Gasteiger partial charge >= 0.3 is 0 Å². The van der Waals surface area contributed by atoms with Crippen LogP contribution < -0.4 is 15.5 Å². The van der Waals surface area contributed by atoms with Gasteiger partial charge in [0.1, 0.15) is 0 Å². The second kappa shape index (κ2) is 6.75. The number of aliphatic imine (C=N–C) groups is 1. The van der Waals surface area contributed by atoms with Crippen molar-refractivity contribution in [2.45, 2.75) is 38.3 Å². The third-order valence-electron chi connectivity index (χ3n) is 3.28. The van der Waals surface area contributed by atoms with Gasteiger partial charge in [-0.2, -0.15) is 0 Å². The quantitative estimate of drug-likeness (QED) is 0.653. The lowest BCUT2D eigenvalue weighted by atomic mass is 10.2. The van der Waals surface area contributed by atoms with Crippen LogP contribution in [0.5, 0.6) is 0 Å². The van der Waals surface area contributed by atoms with Gasteiger partial charge in [-0.05, 0) is 12.8 Å². The fraction of sp³-hybridized carbons (Fsp3) is 0.692. The molecule has 0 saturated heterocycles. The summed E-state index contributed by atoms with van der Waals surface area (Å²) in [5, 5.41) is 9.92. The van der Waals surface area contributed by atoms with Crippen LogP contribution in [0.1, 0.15) is 31.4 Å². The predicted molar refractivity (Wildman–Crippen MR) is 82.0 cm³/mol. The van der Waals surface area contributed by atoms with Gasteiger partial charge in [-0.3, -0.25) is 4.99 Å². The van der Waals surface area contributed by atoms with Gasteiger partial charge in [-0.15, -0.1) is 11.3 Å². The molecule has 0 bridgehead atoms. The van der Waals surface area contributed by atoms with Crippen LogP contribution in [-0.4, -0.2) is 38.1 Å². The molecule has 19 heavy (non-hydrogen) atoms. The molecule has 0 amide bonds. The Balaban J connectivity index is 1.81. The minimum Gasteiger partial charge on any atom is -0.354 e. The van der Waals surface area contributed by atoms with Crippen molar-refractivity contribution in [2.24, 2.45) is 4.99 Å². The van der Waals surface area contributed by atoms with E-state index in [9.17, 15) is 0 Å². The Morgan fingerprint density at radius 2 is 2.21 bits per heavy atom. The fourth-order valence-electron chi connectivity index (χ4n) is 2.22. The van der Waals surface area contributed by atoms with Gasteiger partial charge in [-0.25, -0.2) is 4.98 Å². The van der Waals surface area contributed by atoms with Crippen molar-refractivity contribution in [1.29, 1.82) is 0 Å². The molecule has 1 saturated carbocycles. The SMILES string of the molecule is CN=C(NCc1csc(N(C)C)n1)NC1CCCC1. The first-order valence-electron chi connectivity index (χ1n) is 6.78. The molecule has 6 heteroatoms. The number of hydrogen-bond acceptors (Lipinski definition) is 4. The summed E-state index contributed by atoms with van der Waals surface area (Å²) in [6, 6.07) is 0.582. The maximum absolute atomic E-state index is 4.55. The number of rotatable bonds is 4. The van der Waals surface area contributed by atoms with Crippen molar-refractivity contribution in [3.63, 3.8) is 0 Å². The number of guanidine groups is 1. The molecule has 0 spiro atoms. The van der Waals surface area contributed by atoms with E-state index in [0.717, 1.165) is 23.3 Å². The monoisotopic (exact) mass is 281 g/mol. The smallest absolute Gasteiger partial charge is 0.191 e. The number of nitrogens with one attached hydrogen (secondary N) is 2. The van der Waals surface area contributed by atoms with Crippen LogP contribution >= 0.6 is 11.3 Å². The number of nitrogens with zero attached hydrogens (tertiary/aromatic N) is 3. The summed E-state index contributed by atoms with van der Waals surface area (Å²) >= 11 is 1.66. The highest BCUT2D eigenvalue weighted by Crippen LogP contribution is 2.18. The van der Waals surface area contributed by atoms with E-state index in [4.69, 9.17) is 0 Å². The lowest BCUT2D eigenvalue weighted by Crippen LogP contribution is -2.42. The third-order valence-corrected chi connectivity index (χ3v) is 4.34. The average molecular weight is 281 g/mol. The zero-order valence-electron chi connectivity index (χ0n) is 11.9. The molecule has 0 aromatic carbocycles. The molecule has 1 fully saturated rings. The Kier molecular flexibility index (Phi) is 5.01. The molecule has 0 atom stereocenters. The largest absolute Gasteiger partial charge is 0.354 e. The summed E-state index contributed by atoms with van der Waals surface area (Å²) in [5.41, 5.74) is 1.06.